The molecule has 0 spiro atoms. The summed E-state index contributed by atoms with van der Waals surface area (Å²) in [5.74, 6) is 0.432. The molecule has 0 aromatic heterocycles. The second-order valence-corrected chi connectivity index (χ2v) is 11.3. The zero-order chi connectivity index (χ0) is 26.3. The molecule has 2 aliphatic rings. The lowest BCUT2D eigenvalue weighted by molar-refractivity contribution is -0.118. The van der Waals surface area contributed by atoms with Crippen molar-refractivity contribution in [3.05, 3.63) is 92.3 Å². The fraction of sp³-hybridized carbons (Fsp3) is 0.441. The van der Waals surface area contributed by atoms with Gasteiger partial charge in [-0.1, -0.05) is 44.2 Å². The Morgan fingerprint density at radius 2 is 1.76 bits per heavy atom. The van der Waals surface area contributed by atoms with Gasteiger partial charge in [0.1, 0.15) is 11.6 Å². The molecule has 1 aliphatic heterocycles. The minimum absolute atomic E-state index is 0.0731. The average molecular weight is 498 g/mol. The van der Waals surface area contributed by atoms with E-state index in [9.17, 15) is 4.79 Å². The number of hydrogen-bond acceptors (Lipinski definition) is 2. The predicted octanol–water partition coefficient (Wildman–Crippen LogP) is 7.94. The smallest absolute Gasteiger partial charge is 0.137 e. The van der Waals surface area contributed by atoms with Crippen molar-refractivity contribution in [2.75, 3.05) is 6.54 Å². The first kappa shape index (κ1) is 25.9. The summed E-state index contributed by atoms with van der Waals surface area (Å²) in [4.78, 5) is 15.3. The summed E-state index contributed by atoms with van der Waals surface area (Å²) < 4.78 is 15.7. The molecule has 3 heteroatoms. The Hall–Kier alpha value is -2.78. The van der Waals surface area contributed by atoms with Gasteiger partial charge in [-0.05, 0) is 120 Å². The number of nitrogens with zero attached hydrogens (tertiary/aromatic N) is 1. The van der Waals surface area contributed by atoms with Crippen molar-refractivity contribution in [2.45, 2.75) is 92.2 Å². The first-order chi connectivity index (χ1) is 17.8. The van der Waals surface area contributed by atoms with Crippen LogP contribution in [-0.2, 0) is 37.1 Å². The molecule has 3 aromatic rings. The second kappa shape index (κ2) is 10.5. The fourth-order valence-electron chi connectivity index (χ4n) is 6.87. The number of ketones is 1. The highest BCUT2D eigenvalue weighted by atomic mass is 19.1. The van der Waals surface area contributed by atoms with Crippen LogP contribution in [0.4, 0.5) is 4.39 Å². The van der Waals surface area contributed by atoms with Gasteiger partial charge in [-0.2, -0.15) is 0 Å². The fourth-order valence-corrected chi connectivity index (χ4v) is 6.87. The molecule has 2 nitrogen and oxygen atoms in total. The molecular weight excluding hydrogens is 457 g/mol. The van der Waals surface area contributed by atoms with Crippen molar-refractivity contribution in [3.8, 4) is 11.1 Å². The molecule has 0 saturated carbocycles. The molecule has 37 heavy (non-hydrogen) atoms. The molecule has 0 N–H and O–H groups in total. The van der Waals surface area contributed by atoms with E-state index < -0.39 is 0 Å². The molecule has 3 aromatic carbocycles. The third-order valence-electron chi connectivity index (χ3n) is 9.01. The molecule has 5 rings (SSSR count). The van der Waals surface area contributed by atoms with Crippen LogP contribution in [0.2, 0.25) is 0 Å². The first-order valence-corrected chi connectivity index (χ1v) is 14.0. The predicted molar refractivity (Wildman–Crippen MR) is 151 cm³/mol. The third kappa shape index (κ3) is 4.79. The summed E-state index contributed by atoms with van der Waals surface area (Å²) in [6.45, 7) is 13.5. The van der Waals surface area contributed by atoms with Crippen molar-refractivity contribution in [2.24, 2.45) is 0 Å². The van der Waals surface area contributed by atoms with Gasteiger partial charge in [-0.3, -0.25) is 9.69 Å². The van der Waals surface area contributed by atoms with E-state index in [4.69, 9.17) is 0 Å². The Morgan fingerprint density at radius 1 is 1.00 bits per heavy atom. The summed E-state index contributed by atoms with van der Waals surface area (Å²) >= 11 is 0. The van der Waals surface area contributed by atoms with Crippen LogP contribution in [0.3, 0.4) is 0 Å². The van der Waals surface area contributed by atoms with Gasteiger partial charge in [-0.25, -0.2) is 4.39 Å². The van der Waals surface area contributed by atoms with Crippen LogP contribution >= 0.6 is 0 Å². The largest absolute Gasteiger partial charge is 0.299 e. The standard InChI is InChI=1S/C34H40FNO/c1-6-26(37)17-29-22(3)27-15-16-36(19-25-12-8-7-9-13-25)20-31(27)24(5)34(29)30-18-32(35)33-21(2)11-10-14-28(33)23(30)4/h7-9,12-13,18,21H,6,10-11,14-17,19-20H2,1-5H3. The minimum atomic E-state index is -0.0731. The number of rotatable bonds is 6. The van der Waals surface area contributed by atoms with Gasteiger partial charge in [0.15, 0.2) is 0 Å². The number of Topliss-reactive ketones (excluding diaryl/α,β-unsaturated/α-hetero) is 1. The highest BCUT2D eigenvalue weighted by Gasteiger charge is 2.29. The maximum absolute atomic E-state index is 15.7. The monoisotopic (exact) mass is 497 g/mol. The summed E-state index contributed by atoms with van der Waals surface area (Å²) in [6.07, 6.45) is 5.02. The summed E-state index contributed by atoms with van der Waals surface area (Å²) in [5.41, 5.74) is 13.1. The number of carbonyl (C=O) groups excluding carboxylic acids is 1. The van der Waals surface area contributed by atoms with Crippen LogP contribution in [0.5, 0.6) is 0 Å². The molecule has 194 valence electrons. The molecule has 0 saturated heterocycles. The van der Waals surface area contributed by atoms with Crippen molar-refractivity contribution in [3.63, 3.8) is 0 Å². The molecule has 1 atom stereocenters. The maximum atomic E-state index is 15.7. The van der Waals surface area contributed by atoms with Crippen LogP contribution in [0.1, 0.15) is 89.1 Å². The van der Waals surface area contributed by atoms with E-state index in [2.05, 4.69) is 62.9 Å². The van der Waals surface area contributed by atoms with E-state index in [1.54, 1.807) is 6.07 Å². The van der Waals surface area contributed by atoms with Crippen LogP contribution in [0.25, 0.3) is 11.1 Å². The quantitative estimate of drug-likeness (QED) is 0.344. The zero-order valence-corrected chi connectivity index (χ0v) is 23.1. The summed E-state index contributed by atoms with van der Waals surface area (Å²) in [6, 6.07) is 12.4. The van der Waals surface area contributed by atoms with E-state index in [0.717, 1.165) is 67.6 Å². The Labute approximate surface area is 221 Å². The van der Waals surface area contributed by atoms with E-state index in [0.29, 0.717) is 12.8 Å². The van der Waals surface area contributed by atoms with Crippen LogP contribution in [0.15, 0.2) is 36.4 Å². The van der Waals surface area contributed by atoms with Gasteiger partial charge in [-0.15, -0.1) is 0 Å². The molecule has 0 fully saturated rings. The SMILES string of the molecule is CCC(=O)Cc1c(C)c2c(c(C)c1-c1cc(F)c3c(c1C)CCCC3C)CN(Cc1ccccc1)CC2. The Morgan fingerprint density at radius 3 is 2.49 bits per heavy atom. The lowest BCUT2D eigenvalue weighted by Crippen LogP contribution is -2.32. The van der Waals surface area contributed by atoms with Crippen molar-refractivity contribution in [1.29, 1.82) is 0 Å². The van der Waals surface area contributed by atoms with E-state index >= 15 is 4.39 Å². The Bertz CT molecular complexity index is 1340. The van der Waals surface area contributed by atoms with Crippen LogP contribution in [0, 0.1) is 26.6 Å². The first-order valence-electron chi connectivity index (χ1n) is 14.0. The normalized spacial score (nSPS) is 17.4. The Balaban J connectivity index is 1.67. The molecule has 1 aliphatic carbocycles. The summed E-state index contributed by atoms with van der Waals surface area (Å²) in [7, 11) is 0. The molecule has 0 radical (unpaired) electrons. The van der Waals surface area contributed by atoms with Gasteiger partial charge in [0, 0.05) is 32.5 Å². The third-order valence-corrected chi connectivity index (χ3v) is 9.01. The Kier molecular flexibility index (Phi) is 7.36. The van der Waals surface area contributed by atoms with Gasteiger partial charge in [0.05, 0.1) is 0 Å². The van der Waals surface area contributed by atoms with Crippen molar-refractivity contribution < 1.29 is 9.18 Å². The second-order valence-electron chi connectivity index (χ2n) is 11.3. The number of carbonyl (C=O) groups is 1. The minimum Gasteiger partial charge on any atom is -0.299 e. The van der Waals surface area contributed by atoms with E-state index in [1.165, 1.54) is 38.9 Å². The molecule has 0 bridgehead atoms. The van der Waals surface area contributed by atoms with E-state index in [-0.39, 0.29) is 17.5 Å². The van der Waals surface area contributed by atoms with Crippen LogP contribution in [-0.4, -0.2) is 17.2 Å². The van der Waals surface area contributed by atoms with Crippen molar-refractivity contribution >= 4 is 5.78 Å². The molecule has 1 heterocycles. The number of benzene rings is 3. The summed E-state index contributed by atoms with van der Waals surface area (Å²) in [5, 5.41) is 0. The van der Waals surface area contributed by atoms with Gasteiger partial charge in [0.2, 0.25) is 0 Å². The number of hydrogen-bond donors (Lipinski definition) is 0. The maximum Gasteiger partial charge on any atom is 0.137 e. The average Bonchev–Trinajstić information content (AvgIpc) is 2.90. The van der Waals surface area contributed by atoms with Crippen molar-refractivity contribution in [1.82, 2.24) is 4.90 Å². The number of fused-ring (bicyclic) bond motifs is 2. The van der Waals surface area contributed by atoms with Gasteiger partial charge in [0.25, 0.3) is 0 Å². The van der Waals surface area contributed by atoms with Gasteiger partial charge < -0.3 is 0 Å². The highest BCUT2D eigenvalue weighted by Crippen LogP contribution is 2.44. The molecule has 0 amide bonds. The topological polar surface area (TPSA) is 20.3 Å². The van der Waals surface area contributed by atoms with Gasteiger partial charge >= 0.3 is 0 Å². The molecule has 1 unspecified atom stereocenters. The molecular formula is C34H40FNO. The highest BCUT2D eigenvalue weighted by molar-refractivity contribution is 5.87. The zero-order valence-electron chi connectivity index (χ0n) is 23.1. The lowest BCUT2D eigenvalue weighted by atomic mass is 9.76. The van der Waals surface area contributed by atoms with E-state index in [1.807, 2.05) is 6.92 Å². The number of halogens is 1. The lowest BCUT2D eigenvalue weighted by Gasteiger charge is -2.34. The van der Waals surface area contributed by atoms with Crippen LogP contribution < -0.4 is 0 Å².